The van der Waals surface area contributed by atoms with Gasteiger partial charge in [-0.1, -0.05) is 25.9 Å². The summed E-state index contributed by atoms with van der Waals surface area (Å²) in [5.41, 5.74) is 0.559. The van der Waals surface area contributed by atoms with Gasteiger partial charge in [0.25, 0.3) is 5.91 Å². The van der Waals surface area contributed by atoms with Crippen LogP contribution in [0.15, 0.2) is 4.52 Å². The van der Waals surface area contributed by atoms with Crippen molar-refractivity contribution in [3.05, 3.63) is 17.0 Å². The summed E-state index contributed by atoms with van der Waals surface area (Å²) in [6, 6.07) is -0.822. The second-order valence-corrected chi connectivity index (χ2v) is 6.25. The molecule has 1 aliphatic rings. The molecule has 2 heterocycles. The van der Waals surface area contributed by atoms with E-state index in [2.05, 4.69) is 5.16 Å². The molecule has 0 aliphatic carbocycles. The van der Waals surface area contributed by atoms with Gasteiger partial charge >= 0.3 is 5.97 Å². The molecular weight excluding hydrogens is 272 g/mol. The highest BCUT2D eigenvalue weighted by atomic mass is 16.5. The molecule has 1 amide bonds. The number of nitrogens with zero attached hydrogens (tertiary/aromatic N) is 2. The molecule has 1 N–H and O–H groups in total. The average Bonchev–Trinajstić information content (AvgIpc) is 2.77. The number of aromatic nitrogens is 1. The van der Waals surface area contributed by atoms with Crippen LogP contribution in [0.3, 0.4) is 0 Å². The maximum Gasteiger partial charge on any atom is 0.326 e. The fraction of sp³-hybridized carbons (Fsp3) is 0.667. The van der Waals surface area contributed by atoms with Gasteiger partial charge in [0.1, 0.15) is 17.4 Å². The highest BCUT2D eigenvalue weighted by Gasteiger charge is 2.45. The van der Waals surface area contributed by atoms with Crippen LogP contribution in [0.4, 0.5) is 0 Å². The second-order valence-electron chi connectivity index (χ2n) is 6.25. The van der Waals surface area contributed by atoms with Gasteiger partial charge in [-0.2, -0.15) is 0 Å². The minimum Gasteiger partial charge on any atom is -0.480 e. The molecule has 1 aromatic heterocycles. The summed E-state index contributed by atoms with van der Waals surface area (Å²) in [7, 11) is 0. The largest absolute Gasteiger partial charge is 0.480 e. The lowest BCUT2D eigenvalue weighted by atomic mass is 9.76. The molecule has 6 heteroatoms. The Labute approximate surface area is 124 Å². The van der Waals surface area contributed by atoms with Crippen LogP contribution in [-0.4, -0.2) is 39.6 Å². The predicted octanol–water partition coefficient (Wildman–Crippen LogP) is 2.26. The van der Waals surface area contributed by atoms with Gasteiger partial charge in [-0.05, 0) is 31.6 Å². The first-order valence-corrected chi connectivity index (χ1v) is 7.28. The molecule has 1 aliphatic heterocycles. The van der Waals surface area contributed by atoms with Crippen molar-refractivity contribution in [3.8, 4) is 0 Å². The molecule has 0 bridgehead atoms. The number of carboxylic acid groups (broad SMARTS) is 1. The van der Waals surface area contributed by atoms with Crippen LogP contribution in [0.25, 0.3) is 0 Å². The van der Waals surface area contributed by atoms with Crippen molar-refractivity contribution in [2.45, 2.75) is 53.0 Å². The van der Waals surface area contributed by atoms with Crippen LogP contribution in [0.1, 0.15) is 55.4 Å². The maximum absolute atomic E-state index is 12.8. The number of amides is 1. The van der Waals surface area contributed by atoms with Gasteiger partial charge in [-0.15, -0.1) is 0 Å². The fourth-order valence-corrected chi connectivity index (χ4v) is 3.16. The molecule has 6 nitrogen and oxygen atoms in total. The van der Waals surface area contributed by atoms with E-state index in [0.717, 1.165) is 12.8 Å². The Morgan fingerprint density at radius 1 is 1.48 bits per heavy atom. The van der Waals surface area contributed by atoms with Crippen molar-refractivity contribution in [3.63, 3.8) is 0 Å². The number of likely N-dealkylation sites (tertiary alicyclic amines) is 1. The first-order chi connectivity index (χ1) is 9.79. The van der Waals surface area contributed by atoms with Crippen molar-refractivity contribution in [2.75, 3.05) is 6.54 Å². The molecule has 1 aromatic rings. The fourth-order valence-electron chi connectivity index (χ4n) is 3.16. The maximum atomic E-state index is 12.8. The van der Waals surface area contributed by atoms with Crippen molar-refractivity contribution in [1.29, 1.82) is 0 Å². The molecule has 1 unspecified atom stereocenters. The molecule has 2 rings (SSSR count). The summed E-state index contributed by atoms with van der Waals surface area (Å²) in [5.74, 6) is -0.796. The van der Waals surface area contributed by atoms with E-state index in [1.165, 1.54) is 4.90 Å². The molecule has 116 valence electrons. The van der Waals surface area contributed by atoms with E-state index in [1.807, 2.05) is 20.8 Å². The first kappa shape index (κ1) is 15.5. The number of aryl methyl sites for hydroxylation is 2. The topological polar surface area (TPSA) is 83.6 Å². The molecule has 21 heavy (non-hydrogen) atoms. The van der Waals surface area contributed by atoms with Crippen LogP contribution >= 0.6 is 0 Å². The molecule has 0 saturated carbocycles. The van der Waals surface area contributed by atoms with Gasteiger partial charge < -0.3 is 14.5 Å². The van der Waals surface area contributed by atoms with E-state index in [4.69, 9.17) is 4.52 Å². The quantitative estimate of drug-likeness (QED) is 0.924. The number of piperidine rings is 1. The highest BCUT2D eigenvalue weighted by Crippen LogP contribution is 2.36. The van der Waals surface area contributed by atoms with Crippen LogP contribution < -0.4 is 0 Å². The Balaban J connectivity index is 2.41. The summed E-state index contributed by atoms with van der Waals surface area (Å²) in [6.07, 6.45) is 2.17. The number of rotatable bonds is 3. The molecule has 0 radical (unpaired) electrons. The molecular formula is C15H22N2O4. The lowest BCUT2D eigenvalue weighted by Crippen LogP contribution is -2.56. The van der Waals surface area contributed by atoms with Gasteiger partial charge in [-0.3, -0.25) is 4.79 Å². The monoisotopic (exact) mass is 294 g/mol. The Morgan fingerprint density at radius 3 is 2.71 bits per heavy atom. The second kappa shape index (κ2) is 5.50. The normalized spacial score (nSPS) is 21.3. The van der Waals surface area contributed by atoms with E-state index in [9.17, 15) is 14.7 Å². The minimum atomic E-state index is -0.958. The number of aliphatic carboxylic acids is 1. The Hall–Kier alpha value is -1.85. The smallest absolute Gasteiger partial charge is 0.326 e. The number of carbonyl (C=O) groups is 2. The van der Waals surface area contributed by atoms with Crippen molar-refractivity contribution in [2.24, 2.45) is 5.41 Å². The molecule has 1 atom stereocenters. The summed E-state index contributed by atoms with van der Waals surface area (Å²) in [5, 5.41) is 13.4. The molecule has 0 spiro atoms. The van der Waals surface area contributed by atoms with E-state index in [1.54, 1.807) is 6.92 Å². The van der Waals surface area contributed by atoms with Gasteiger partial charge in [-0.25, -0.2) is 4.79 Å². The lowest BCUT2D eigenvalue weighted by molar-refractivity contribution is -0.148. The third-order valence-electron chi connectivity index (χ3n) is 4.25. The van der Waals surface area contributed by atoms with Crippen molar-refractivity contribution < 1.29 is 19.2 Å². The number of hydrogen-bond donors (Lipinski definition) is 1. The van der Waals surface area contributed by atoms with Crippen LogP contribution in [0.5, 0.6) is 0 Å². The Bertz CT molecular complexity index is 562. The van der Waals surface area contributed by atoms with Crippen molar-refractivity contribution in [1.82, 2.24) is 10.1 Å². The summed E-state index contributed by atoms with van der Waals surface area (Å²) >= 11 is 0. The van der Waals surface area contributed by atoms with Crippen LogP contribution in [0, 0.1) is 12.3 Å². The molecule has 0 aromatic carbocycles. The molecule has 1 saturated heterocycles. The van der Waals surface area contributed by atoms with E-state index in [0.29, 0.717) is 30.0 Å². The molecule has 1 fully saturated rings. The number of carbonyl (C=O) groups excluding carboxylic acids is 1. The number of carboxylic acids is 1. The third kappa shape index (κ3) is 2.66. The van der Waals surface area contributed by atoms with E-state index < -0.39 is 17.4 Å². The SMILES string of the molecule is CCc1noc(C)c1C(=O)N1CCCC(C)(C)C1C(=O)O. The van der Waals surface area contributed by atoms with Crippen LogP contribution in [-0.2, 0) is 11.2 Å². The summed E-state index contributed by atoms with van der Waals surface area (Å²) in [4.78, 5) is 26.0. The zero-order valence-corrected chi connectivity index (χ0v) is 13.0. The van der Waals surface area contributed by atoms with Crippen LogP contribution in [0.2, 0.25) is 0 Å². The van der Waals surface area contributed by atoms with E-state index in [-0.39, 0.29) is 5.91 Å². The first-order valence-electron chi connectivity index (χ1n) is 7.28. The van der Waals surface area contributed by atoms with Gasteiger partial charge in [0.15, 0.2) is 0 Å². The Kier molecular flexibility index (Phi) is 4.07. The zero-order chi connectivity index (χ0) is 15.8. The Morgan fingerprint density at radius 2 is 2.14 bits per heavy atom. The zero-order valence-electron chi connectivity index (χ0n) is 13.0. The lowest BCUT2D eigenvalue weighted by Gasteiger charge is -2.43. The number of hydrogen-bond acceptors (Lipinski definition) is 4. The van der Waals surface area contributed by atoms with Gasteiger partial charge in [0.2, 0.25) is 0 Å². The van der Waals surface area contributed by atoms with E-state index >= 15 is 0 Å². The van der Waals surface area contributed by atoms with Gasteiger partial charge in [0.05, 0.1) is 5.69 Å². The standard InChI is InChI=1S/C15H22N2O4/c1-5-10-11(9(2)21-16-10)13(18)17-8-6-7-15(3,4)12(17)14(19)20/h12H,5-8H2,1-4H3,(H,19,20). The highest BCUT2D eigenvalue weighted by molar-refractivity contribution is 5.98. The predicted molar refractivity (Wildman–Crippen MR) is 76.1 cm³/mol. The van der Waals surface area contributed by atoms with Gasteiger partial charge in [0, 0.05) is 6.54 Å². The van der Waals surface area contributed by atoms with Crippen molar-refractivity contribution >= 4 is 11.9 Å². The third-order valence-corrected chi connectivity index (χ3v) is 4.25. The summed E-state index contributed by atoms with van der Waals surface area (Å²) < 4.78 is 5.10. The summed E-state index contributed by atoms with van der Waals surface area (Å²) in [6.45, 7) is 7.82. The minimum absolute atomic E-state index is 0.286. The average molecular weight is 294 g/mol.